The first-order valence-electron chi connectivity index (χ1n) is 11.8. The molecule has 1 N–H and O–H groups in total. The Kier molecular flexibility index (Phi) is 7.74. The number of rotatable bonds is 8. The quantitative estimate of drug-likeness (QED) is 0.514. The van der Waals surface area contributed by atoms with Gasteiger partial charge in [-0.25, -0.2) is 16.8 Å². The molecule has 2 aliphatic rings. The van der Waals surface area contributed by atoms with Crippen molar-refractivity contribution in [3.63, 3.8) is 0 Å². The van der Waals surface area contributed by atoms with Gasteiger partial charge in [0, 0.05) is 37.9 Å². The van der Waals surface area contributed by atoms with E-state index in [1.165, 1.54) is 38.9 Å². The SMILES string of the molecule is C[C@](O)(c1ccc(N2CCN(S(=O)(=O)c3cccs3)C[C@@H]2CN(C2CCC2)S(C)(=O)=O)cc1)C(F)(F)F. The lowest BCUT2D eigenvalue weighted by Gasteiger charge is -2.45. The molecule has 2 atom stereocenters. The van der Waals surface area contributed by atoms with E-state index >= 15 is 0 Å². The smallest absolute Gasteiger partial charge is 0.376 e. The second-order valence-corrected chi connectivity index (χ2v) is 14.7. The zero-order valence-electron chi connectivity index (χ0n) is 20.4. The van der Waals surface area contributed by atoms with Crippen LogP contribution in [0.25, 0.3) is 0 Å². The second-order valence-electron chi connectivity index (χ2n) is 9.68. The van der Waals surface area contributed by atoms with Gasteiger partial charge in [0.1, 0.15) is 4.21 Å². The number of halogens is 3. The molecule has 4 rings (SSSR count). The molecule has 0 amide bonds. The van der Waals surface area contributed by atoms with Crippen LogP contribution in [-0.4, -0.2) is 81.2 Å². The van der Waals surface area contributed by atoms with Crippen molar-refractivity contribution in [2.45, 2.75) is 54.3 Å². The minimum absolute atomic E-state index is 0.0149. The number of piperazine rings is 1. The third-order valence-corrected chi connectivity index (χ3v) is 11.7. The molecule has 1 aromatic carbocycles. The number of hydrogen-bond donors (Lipinski definition) is 1. The van der Waals surface area contributed by atoms with Crippen LogP contribution in [0.2, 0.25) is 0 Å². The first-order chi connectivity index (χ1) is 17.1. The summed E-state index contributed by atoms with van der Waals surface area (Å²) in [6.07, 6.45) is -1.38. The zero-order chi connectivity index (χ0) is 27.2. The highest BCUT2D eigenvalue weighted by atomic mass is 32.2. The number of hydrogen-bond acceptors (Lipinski definition) is 7. The fraction of sp³-hybridized carbons (Fsp3) is 0.565. The lowest BCUT2D eigenvalue weighted by atomic mass is 9.92. The van der Waals surface area contributed by atoms with Gasteiger partial charge in [0.2, 0.25) is 10.0 Å². The monoisotopic (exact) mass is 581 g/mol. The van der Waals surface area contributed by atoms with Crippen molar-refractivity contribution in [3.8, 4) is 0 Å². The zero-order valence-corrected chi connectivity index (χ0v) is 22.9. The summed E-state index contributed by atoms with van der Waals surface area (Å²) in [4.78, 5) is 1.84. The molecule has 1 saturated heterocycles. The molecule has 0 radical (unpaired) electrons. The molecule has 1 aliphatic carbocycles. The van der Waals surface area contributed by atoms with Gasteiger partial charge in [-0.15, -0.1) is 11.3 Å². The van der Waals surface area contributed by atoms with E-state index < -0.39 is 37.9 Å². The van der Waals surface area contributed by atoms with Crippen LogP contribution in [0.15, 0.2) is 46.0 Å². The van der Waals surface area contributed by atoms with Gasteiger partial charge in [-0.1, -0.05) is 24.6 Å². The summed E-state index contributed by atoms with van der Waals surface area (Å²) >= 11 is 1.10. The number of alkyl halides is 3. The number of benzene rings is 1. The van der Waals surface area contributed by atoms with Gasteiger partial charge >= 0.3 is 6.18 Å². The summed E-state index contributed by atoms with van der Waals surface area (Å²) in [5.74, 6) is 0. The van der Waals surface area contributed by atoms with Gasteiger partial charge < -0.3 is 10.0 Å². The lowest BCUT2D eigenvalue weighted by Crippen LogP contribution is -2.60. The van der Waals surface area contributed by atoms with E-state index in [1.54, 1.807) is 11.4 Å². The fourth-order valence-corrected chi connectivity index (χ4v) is 8.47. The predicted octanol–water partition coefficient (Wildman–Crippen LogP) is 3.21. The van der Waals surface area contributed by atoms with Crippen molar-refractivity contribution < 1.29 is 35.1 Å². The van der Waals surface area contributed by atoms with Crippen LogP contribution in [0.1, 0.15) is 31.7 Å². The van der Waals surface area contributed by atoms with Crippen molar-refractivity contribution in [1.29, 1.82) is 0 Å². The molecule has 0 bridgehead atoms. The van der Waals surface area contributed by atoms with Crippen molar-refractivity contribution in [2.75, 3.05) is 37.3 Å². The lowest BCUT2D eigenvalue weighted by molar-refractivity contribution is -0.258. The Balaban J connectivity index is 1.65. The minimum atomic E-state index is -4.86. The molecule has 37 heavy (non-hydrogen) atoms. The molecule has 1 saturated carbocycles. The van der Waals surface area contributed by atoms with Crippen LogP contribution >= 0.6 is 11.3 Å². The summed E-state index contributed by atoms with van der Waals surface area (Å²) in [7, 11) is -7.37. The van der Waals surface area contributed by atoms with Gasteiger partial charge in [-0.3, -0.25) is 0 Å². The largest absolute Gasteiger partial charge is 0.421 e. The van der Waals surface area contributed by atoms with Gasteiger partial charge in [-0.2, -0.15) is 21.8 Å². The number of anilines is 1. The molecule has 206 valence electrons. The summed E-state index contributed by atoms with van der Waals surface area (Å²) in [6, 6.07) is 7.69. The fourth-order valence-electron chi connectivity index (χ4n) is 4.66. The molecule has 8 nitrogen and oxygen atoms in total. The highest BCUT2D eigenvalue weighted by Gasteiger charge is 2.51. The summed E-state index contributed by atoms with van der Waals surface area (Å²) < 4.78 is 94.5. The van der Waals surface area contributed by atoms with Gasteiger partial charge in [0.05, 0.1) is 12.3 Å². The van der Waals surface area contributed by atoms with E-state index in [4.69, 9.17) is 0 Å². The van der Waals surface area contributed by atoms with Gasteiger partial charge in [0.15, 0.2) is 5.60 Å². The van der Waals surface area contributed by atoms with Gasteiger partial charge in [-0.05, 0) is 48.9 Å². The van der Waals surface area contributed by atoms with E-state index in [0.29, 0.717) is 12.6 Å². The van der Waals surface area contributed by atoms with Gasteiger partial charge in [0.25, 0.3) is 10.0 Å². The second kappa shape index (κ2) is 10.1. The molecule has 2 aromatic rings. The summed E-state index contributed by atoms with van der Waals surface area (Å²) in [5.41, 5.74) is -2.84. The maximum absolute atomic E-state index is 13.3. The topological polar surface area (TPSA) is 98.2 Å². The Hall–Kier alpha value is -1.71. The van der Waals surface area contributed by atoms with Crippen LogP contribution in [0.4, 0.5) is 18.9 Å². The Morgan fingerprint density at radius 1 is 1.08 bits per heavy atom. The van der Waals surface area contributed by atoms with Crippen LogP contribution in [0, 0.1) is 0 Å². The Bertz CT molecular complexity index is 1290. The molecular weight excluding hydrogens is 551 g/mol. The standard InChI is InChI=1S/C23H30F3N3O5S3/c1-22(30,23(24,25)26)17-8-10-18(11-9-17)28-13-12-27(37(33,34)21-7-4-14-35-21)15-20(28)16-29(36(2,31)32)19-5-3-6-19/h4,7-11,14,19-20,30H,3,5-6,12-13,15-16H2,1-2H3/t20-,22+/m1/s1. The molecule has 1 aromatic heterocycles. The molecular formula is C23H30F3N3O5S3. The Labute approximate surface area is 219 Å². The maximum atomic E-state index is 13.3. The normalized spacial score (nSPS) is 22.1. The van der Waals surface area contributed by atoms with E-state index in [0.717, 1.165) is 36.9 Å². The number of aliphatic hydroxyl groups is 1. The van der Waals surface area contributed by atoms with Crippen LogP contribution in [-0.2, 0) is 25.6 Å². The molecule has 0 unspecified atom stereocenters. The van der Waals surface area contributed by atoms with E-state index in [1.807, 2.05) is 4.90 Å². The first-order valence-corrected chi connectivity index (χ1v) is 16.0. The molecule has 1 aliphatic heterocycles. The molecule has 2 heterocycles. The van der Waals surface area contributed by atoms with Crippen molar-refractivity contribution in [2.24, 2.45) is 0 Å². The van der Waals surface area contributed by atoms with Crippen LogP contribution in [0.5, 0.6) is 0 Å². The Morgan fingerprint density at radius 3 is 2.22 bits per heavy atom. The average molecular weight is 582 g/mol. The highest BCUT2D eigenvalue weighted by Crippen LogP contribution is 2.39. The molecule has 0 spiro atoms. The predicted molar refractivity (Wildman–Crippen MR) is 135 cm³/mol. The first kappa shape index (κ1) is 28.3. The maximum Gasteiger partial charge on any atom is 0.421 e. The molecule has 2 fully saturated rings. The number of thiophene rings is 1. The minimum Gasteiger partial charge on any atom is -0.376 e. The highest BCUT2D eigenvalue weighted by molar-refractivity contribution is 7.91. The number of sulfonamides is 2. The third-order valence-electron chi connectivity index (χ3n) is 7.15. The van der Waals surface area contributed by atoms with Crippen molar-refractivity contribution in [3.05, 3.63) is 47.3 Å². The van der Waals surface area contributed by atoms with Crippen LogP contribution in [0.3, 0.4) is 0 Å². The van der Waals surface area contributed by atoms with Crippen molar-refractivity contribution in [1.82, 2.24) is 8.61 Å². The summed E-state index contributed by atoms with van der Waals surface area (Å²) in [6.45, 7) is 1.08. The number of nitrogens with zero attached hydrogens (tertiary/aromatic N) is 3. The van der Waals surface area contributed by atoms with Crippen LogP contribution < -0.4 is 4.90 Å². The average Bonchev–Trinajstić information content (AvgIpc) is 3.32. The van der Waals surface area contributed by atoms with E-state index in [-0.39, 0.29) is 42.0 Å². The third kappa shape index (κ3) is 5.69. The molecule has 14 heteroatoms. The van der Waals surface area contributed by atoms with E-state index in [9.17, 15) is 35.1 Å². The summed E-state index contributed by atoms with van der Waals surface area (Å²) in [5, 5.41) is 11.7. The van der Waals surface area contributed by atoms with Crippen molar-refractivity contribution >= 4 is 37.1 Å². The Morgan fingerprint density at radius 2 is 1.73 bits per heavy atom. The van der Waals surface area contributed by atoms with E-state index in [2.05, 4.69) is 0 Å².